The van der Waals surface area contributed by atoms with Gasteiger partial charge >= 0.3 is 12.1 Å². The Labute approximate surface area is 125 Å². The molecule has 3 rings (SSSR count). The molecule has 0 aliphatic carbocycles. The highest BCUT2D eigenvalue weighted by Gasteiger charge is 2.13. The summed E-state index contributed by atoms with van der Waals surface area (Å²) in [6.45, 7) is 0. The molecule has 3 heterocycles. The van der Waals surface area contributed by atoms with Gasteiger partial charge in [-0.2, -0.15) is 5.10 Å². The third kappa shape index (κ3) is 3.27. The van der Waals surface area contributed by atoms with Crippen LogP contribution in [0.4, 0.5) is 4.79 Å². The quantitative estimate of drug-likeness (QED) is 0.532. The summed E-state index contributed by atoms with van der Waals surface area (Å²) in [5, 5.41) is 22.0. The highest BCUT2D eigenvalue weighted by atomic mass is 32.1. The molecule has 0 radical (unpaired) electrons. The zero-order valence-corrected chi connectivity index (χ0v) is 11.6. The first-order valence-corrected chi connectivity index (χ1v) is 6.50. The first-order chi connectivity index (χ1) is 10.4. The lowest BCUT2D eigenvalue weighted by Gasteiger charge is -1.98. The Morgan fingerprint density at radius 1 is 1.36 bits per heavy atom. The molecule has 0 aliphatic rings. The number of nitrogens with two attached hydrogens (primary N) is 1. The fourth-order valence-electron chi connectivity index (χ4n) is 1.58. The van der Waals surface area contributed by atoms with E-state index in [-0.39, 0.29) is 11.5 Å². The molecule has 22 heavy (non-hydrogen) atoms. The topological polar surface area (TPSA) is 164 Å². The van der Waals surface area contributed by atoms with Gasteiger partial charge in [0.2, 0.25) is 0 Å². The van der Waals surface area contributed by atoms with E-state index in [4.69, 9.17) is 15.0 Å². The maximum Gasteiger partial charge on any atom is 0.402 e. The van der Waals surface area contributed by atoms with Crippen LogP contribution in [0.1, 0.15) is 10.5 Å². The number of hydrogen-bond acceptors (Lipinski definition) is 6. The standard InChI is InChI=1S/C10H6N4O3S.CH3NO2/c15-7-3-6(10(16)17)12-8(13-7)5-4-11-14-1-2-18-9(5)14;2-1(3)4/h1-4H,(H,16,17)(H,12,13,15);2H2,(H,3,4). The van der Waals surface area contributed by atoms with Crippen molar-refractivity contribution in [3.63, 3.8) is 0 Å². The van der Waals surface area contributed by atoms with E-state index in [2.05, 4.69) is 20.8 Å². The van der Waals surface area contributed by atoms with Crippen molar-refractivity contribution in [2.24, 2.45) is 5.73 Å². The van der Waals surface area contributed by atoms with Crippen molar-refractivity contribution < 1.29 is 19.8 Å². The van der Waals surface area contributed by atoms with E-state index in [1.807, 2.05) is 5.38 Å². The van der Waals surface area contributed by atoms with Crippen LogP contribution in [0.2, 0.25) is 0 Å². The lowest BCUT2D eigenvalue weighted by atomic mass is 10.3. The minimum absolute atomic E-state index is 0.206. The van der Waals surface area contributed by atoms with Crippen LogP contribution >= 0.6 is 11.3 Å². The number of nitrogens with one attached hydrogen (secondary N) is 1. The van der Waals surface area contributed by atoms with Gasteiger partial charge in [0.1, 0.15) is 10.7 Å². The Hall–Kier alpha value is -3.21. The number of carboxylic acids is 1. The number of H-pyrrole nitrogens is 1. The van der Waals surface area contributed by atoms with Gasteiger partial charge in [-0.05, 0) is 0 Å². The van der Waals surface area contributed by atoms with Crippen LogP contribution in [0, 0.1) is 0 Å². The largest absolute Gasteiger partial charge is 0.477 e. The van der Waals surface area contributed by atoms with Crippen LogP contribution in [0.3, 0.4) is 0 Å². The monoisotopic (exact) mass is 323 g/mol. The van der Waals surface area contributed by atoms with Crippen molar-refractivity contribution in [2.45, 2.75) is 0 Å². The third-order valence-electron chi connectivity index (χ3n) is 2.35. The average molecular weight is 323 g/mol. The number of carbonyl (C=O) groups is 2. The predicted octanol–water partition coefficient (Wildman–Crippen LogP) is 0.467. The number of rotatable bonds is 2. The van der Waals surface area contributed by atoms with Gasteiger partial charge < -0.3 is 20.9 Å². The van der Waals surface area contributed by atoms with Crippen LogP contribution in [0.5, 0.6) is 0 Å². The molecule has 0 atom stereocenters. The summed E-state index contributed by atoms with van der Waals surface area (Å²) >= 11 is 1.43. The molecule has 11 heteroatoms. The molecule has 114 valence electrons. The van der Waals surface area contributed by atoms with Crippen molar-refractivity contribution in [3.05, 3.63) is 39.9 Å². The Kier molecular flexibility index (Phi) is 4.18. The van der Waals surface area contributed by atoms with Crippen LogP contribution in [-0.2, 0) is 0 Å². The zero-order chi connectivity index (χ0) is 16.3. The number of fused-ring (bicyclic) bond motifs is 1. The second-order valence-corrected chi connectivity index (χ2v) is 4.73. The summed E-state index contributed by atoms with van der Waals surface area (Å²) in [6, 6.07) is 0.945. The molecule has 5 N–H and O–H groups in total. The molecule has 0 aromatic carbocycles. The highest BCUT2D eigenvalue weighted by Crippen LogP contribution is 2.24. The maximum absolute atomic E-state index is 11.4. The number of aromatic amines is 1. The van der Waals surface area contributed by atoms with E-state index in [1.54, 1.807) is 10.7 Å². The van der Waals surface area contributed by atoms with Crippen molar-refractivity contribution in [2.75, 3.05) is 0 Å². The van der Waals surface area contributed by atoms with Crippen LogP contribution < -0.4 is 11.3 Å². The molecule has 0 fully saturated rings. The van der Waals surface area contributed by atoms with Crippen LogP contribution in [0.25, 0.3) is 16.2 Å². The second-order valence-electron chi connectivity index (χ2n) is 3.83. The van der Waals surface area contributed by atoms with Gasteiger partial charge in [0.25, 0.3) is 5.56 Å². The van der Waals surface area contributed by atoms with Crippen molar-refractivity contribution in [3.8, 4) is 11.4 Å². The van der Waals surface area contributed by atoms with Crippen molar-refractivity contribution >= 4 is 28.2 Å². The molecule has 0 saturated carbocycles. The summed E-state index contributed by atoms with van der Waals surface area (Å²) in [7, 11) is 0. The number of carboxylic acid groups (broad SMARTS) is 2. The van der Waals surface area contributed by atoms with Crippen molar-refractivity contribution in [1.82, 2.24) is 19.6 Å². The molecule has 0 aliphatic heterocycles. The minimum Gasteiger partial charge on any atom is -0.477 e. The fraction of sp³-hybridized carbons (Fsp3) is 0. The van der Waals surface area contributed by atoms with Gasteiger partial charge in [0.05, 0.1) is 11.8 Å². The third-order valence-corrected chi connectivity index (χ3v) is 3.24. The molecule has 10 nitrogen and oxygen atoms in total. The summed E-state index contributed by atoms with van der Waals surface area (Å²) in [4.78, 5) is 38.2. The first kappa shape index (κ1) is 15.2. The number of nitrogens with zero attached hydrogens (tertiary/aromatic N) is 3. The summed E-state index contributed by atoms with van der Waals surface area (Å²) in [6.07, 6.45) is 1.97. The van der Waals surface area contributed by atoms with Gasteiger partial charge in [-0.1, -0.05) is 0 Å². The number of hydrogen-bond donors (Lipinski definition) is 4. The molecule has 3 aromatic rings. The number of aromatic carboxylic acids is 1. The maximum atomic E-state index is 11.4. The van der Waals surface area contributed by atoms with E-state index < -0.39 is 17.6 Å². The SMILES string of the molecule is NC(=O)O.O=C(O)c1cc(=O)[nH]c(-c2cnn3ccsc23)n1. The van der Waals surface area contributed by atoms with Crippen LogP contribution in [0.15, 0.2) is 28.6 Å². The van der Waals surface area contributed by atoms with E-state index in [0.717, 1.165) is 10.9 Å². The number of amides is 1. The van der Waals surface area contributed by atoms with Crippen LogP contribution in [-0.4, -0.2) is 41.9 Å². The Morgan fingerprint density at radius 2 is 2.05 bits per heavy atom. The fourth-order valence-corrected chi connectivity index (χ4v) is 2.38. The van der Waals surface area contributed by atoms with E-state index >= 15 is 0 Å². The van der Waals surface area contributed by atoms with Gasteiger partial charge in [-0.3, -0.25) is 4.79 Å². The van der Waals surface area contributed by atoms with Gasteiger partial charge in [-0.15, -0.1) is 11.3 Å². The molecule has 0 unspecified atom stereocenters. The first-order valence-electron chi connectivity index (χ1n) is 5.62. The van der Waals surface area contributed by atoms with Gasteiger partial charge in [0.15, 0.2) is 5.69 Å². The summed E-state index contributed by atoms with van der Waals surface area (Å²) in [5.41, 5.74) is 3.84. The van der Waals surface area contributed by atoms with Gasteiger partial charge in [0, 0.05) is 17.6 Å². The molecule has 0 spiro atoms. The average Bonchev–Trinajstić information content (AvgIpc) is 2.99. The predicted molar refractivity (Wildman–Crippen MR) is 76.1 cm³/mol. The normalized spacial score (nSPS) is 10.0. The number of aromatic nitrogens is 4. The molecule has 1 amide bonds. The lowest BCUT2D eigenvalue weighted by Crippen LogP contribution is -2.13. The number of thiazole rings is 1. The number of primary amides is 1. The van der Waals surface area contributed by atoms with E-state index in [0.29, 0.717) is 5.56 Å². The lowest BCUT2D eigenvalue weighted by molar-refractivity contribution is 0.0690. The highest BCUT2D eigenvalue weighted by molar-refractivity contribution is 7.16. The smallest absolute Gasteiger partial charge is 0.402 e. The minimum atomic E-state index is -1.33. The molecule has 0 bridgehead atoms. The van der Waals surface area contributed by atoms with E-state index in [1.165, 1.54) is 17.5 Å². The van der Waals surface area contributed by atoms with Gasteiger partial charge in [-0.25, -0.2) is 19.1 Å². The summed E-state index contributed by atoms with van der Waals surface area (Å²) in [5.74, 6) is -1.03. The Bertz CT molecular complexity index is 892. The molecule has 3 aromatic heterocycles. The van der Waals surface area contributed by atoms with Crippen molar-refractivity contribution in [1.29, 1.82) is 0 Å². The zero-order valence-electron chi connectivity index (χ0n) is 10.8. The summed E-state index contributed by atoms with van der Waals surface area (Å²) < 4.78 is 1.63. The molecular weight excluding hydrogens is 314 g/mol. The molecular formula is C11H9N5O5S. The second kappa shape index (κ2) is 6.05. The van der Waals surface area contributed by atoms with E-state index in [9.17, 15) is 9.59 Å². The molecule has 0 saturated heterocycles. The Morgan fingerprint density at radius 3 is 2.68 bits per heavy atom. The Balaban J connectivity index is 0.000000396.